The number of imidazole rings is 1. The maximum atomic E-state index is 12.9. The third kappa shape index (κ3) is 2.75. The predicted octanol–water partition coefficient (Wildman–Crippen LogP) is 5.50. The molecule has 2 aromatic carbocycles. The van der Waals surface area contributed by atoms with Gasteiger partial charge < -0.3 is 5.32 Å². The van der Waals surface area contributed by atoms with Crippen LogP contribution in [0.5, 0.6) is 0 Å². The first-order chi connectivity index (χ1) is 13.2. The Morgan fingerprint density at radius 2 is 1.93 bits per heavy atom. The lowest BCUT2D eigenvalue weighted by atomic mass is 10.1. The second-order valence-corrected chi connectivity index (χ2v) is 7.20. The van der Waals surface area contributed by atoms with Gasteiger partial charge >= 0.3 is 0 Å². The summed E-state index contributed by atoms with van der Waals surface area (Å²) in [6.07, 6.45) is -0.755. The third-order valence-corrected chi connectivity index (χ3v) is 5.49. The zero-order valence-corrected chi connectivity index (χ0v) is 14.9. The third-order valence-electron chi connectivity index (χ3n) is 4.55. The SMILES string of the molecule is FC(F)c1ccc(-c2nc3cccnc3n2-c2ccc3c(c2)SCN3)cc1. The van der Waals surface area contributed by atoms with Crippen LogP contribution in [0.2, 0.25) is 0 Å². The molecule has 3 heterocycles. The topological polar surface area (TPSA) is 42.7 Å². The van der Waals surface area contributed by atoms with Crippen LogP contribution in [0, 0.1) is 0 Å². The first kappa shape index (κ1) is 16.3. The number of rotatable bonds is 3. The Hall–Kier alpha value is -2.93. The summed E-state index contributed by atoms with van der Waals surface area (Å²) >= 11 is 1.74. The molecule has 1 aliphatic rings. The van der Waals surface area contributed by atoms with Crippen LogP contribution in [0.1, 0.15) is 12.0 Å². The van der Waals surface area contributed by atoms with Crippen LogP contribution in [0.15, 0.2) is 65.7 Å². The normalized spacial score (nSPS) is 13.1. The van der Waals surface area contributed by atoms with E-state index < -0.39 is 6.43 Å². The summed E-state index contributed by atoms with van der Waals surface area (Å²) in [4.78, 5) is 10.4. The van der Waals surface area contributed by atoms with Crippen molar-refractivity contribution in [3.8, 4) is 17.1 Å². The van der Waals surface area contributed by atoms with Crippen LogP contribution in [-0.4, -0.2) is 20.4 Å². The Morgan fingerprint density at radius 1 is 1.07 bits per heavy atom. The van der Waals surface area contributed by atoms with E-state index in [-0.39, 0.29) is 5.56 Å². The highest BCUT2D eigenvalue weighted by Gasteiger charge is 2.18. The molecule has 1 N–H and O–H groups in total. The Bertz CT molecular complexity index is 1140. The minimum absolute atomic E-state index is 0.000425. The van der Waals surface area contributed by atoms with Gasteiger partial charge in [-0.1, -0.05) is 24.3 Å². The van der Waals surface area contributed by atoms with Crippen LogP contribution in [0.25, 0.3) is 28.2 Å². The molecule has 0 aliphatic carbocycles. The molecule has 0 unspecified atom stereocenters. The molecule has 7 heteroatoms. The summed E-state index contributed by atoms with van der Waals surface area (Å²) in [5.74, 6) is 1.53. The molecule has 4 nitrogen and oxygen atoms in total. The Kier molecular flexibility index (Phi) is 3.82. The molecule has 0 fully saturated rings. The van der Waals surface area contributed by atoms with E-state index in [1.807, 2.05) is 28.8 Å². The van der Waals surface area contributed by atoms with E-state index in [4.69, 9.17) is 4.98 Å². The molecule has 2 aromatic heterocycles. The predicted molar refractivity (Wildman–Crippen MR) is 104 cm³/mol. The molecule has 134 valence electrons. The van der Waals surface area contributed by atoms with Gasteiger partial charge in [-0.25, -0.2) is 18.7 Å². The molecule has 0 amide bonds. The summed E-state index contributed by atoms with van der Waals surface area (Å²) in [5.41, 5.74) is 4.32. The number of anilines is 1. The quantitative estimate of drug-likeness (QED) is 0.510. The molecule has 27 heavy (non-hydrogen) atoms. The lowest BCUT2D eigenvalue weighted by molar-refractivity contribution is 0.151. The van der Waals surface area contributed by atoms with Gasteiger partial charge in [-0.3, -0.25) is 4.57 Å². The fourth-order valence-corrected chi connectivity index (χ4v) is 4.12. The number of nitrogens with one attached hydrogen (secondary N) is 1. The number of nitrogens with zero attached hydrogens (tertiary/aromatic N) is 3. The lowest BCUT2D eigenvalue weighted by Gasteiger charge is -2.11. The average Bonchev–Trinajstić information content (AvgIpc) is 3.31. The number of fused-ring (bicyclic) bond motifs is 2. The molecule has 0 radical (unpaired) electrons. The van der Waals surface area contributed by atoms with E-state index in [0.717, 1.165) is 34.0 Å². The van der Waals surface area contributed by atoms with E-state index >= 15 is 0 Å². The summed E-state index contributed by atoms with van der Waals surface area (Å²) < 4.78 is 27.8. The van der Waals surface area contributed by atoms with Crippen molar-refractivity contribution in [1.29, 1.82) is 0 Å². The summed E-state index contributed by atoms with van der Waals surface area (Å²) in [6.45, 7) is 0. The van der Waals surface area contributed by atoms with Crippen molar-refractivity contribution in [3.63, 3.8) is 0 Å². The van der Waals surface area contributed by atoms with Crippen molar-refractivity contribution >= 4 is 28.6 Å². The number of halogens is 2. The minimum Gasteiger partial charge on any atom is -0.375 e. The van der Waals surface area contributed by atoms with Gasteiger partial charge in [0.05, 0.1) is 11.6 Å². The maximum Gasteiger partial charge on any atom is 0.263 e. The smallest absolute Gasteiger partial charge is 0.263 e. The monoisotopic (exact) mass is 380 g/mol. The Morgan fingerprint density at radius 3 is 2.74 bits per heavy atom. The van der Waals surface area contributed by atoms with Gasteiger partial charge in [-0.2, -0.15) is 0 Å². The van der Waals surface area contributed by atoms with E-state index in [0.29, 0.717) is 5.82 Å². The number of aromatic nitrogens is 3. The maximum absolute atomic E-state index is 12.9. The molecule has 1 aliphatic heterocycles. The molecule has 0 bridgehead atoms. The highest BCUT2D eigenvalue weighted by Crippen LogP contribution is 2.37. The lowest BCUT2D eigenvalue weighted by Crippen LogP contribution is -1.99. The van der Waals surface area contributed by atoms with Crippen LogP contribution in [-0.2, 0) is 0 Å². The number of hydrogen-bond acceptors (Lipinski definition) is 4. The van der Waals surface area contributed by atoms with Crippen LogP contribution < -0.4 is 5.32 Å². The standard InChI is InChI=1S/C20H14F2N4S/c21-18(22)12-3-5-13(6-4-12)19-25-16-2-1-9-23-20(16)26(19)14-7-8-15-17(10-14)27-11-24-15/h1-10,18,24H,11H2. The minimum atomic E-state index is -2.49. The number of hydrogen-bond donors (Lipinski definition) is 1. The molecular weight excluding hydrogens is 366 g/mol. The molecular formula is C20H14F2N4S. The molecule has 0 atom stereocenters. The van der Waals surface area contributed by atoms with Gasteiger partial charge in [-0.05, 0) is 30.3 Å². The molecule has 5 rings (SSSR count). The fraction of sp³-hybridized carbons (Fsp3) is 0.100. The van der Waals surface area contributed by atoms with Crippen molar-refractivity contribution in [3.05, 3.63) is 66.4 Å². The zero-order chi connectivity index (χ0) is 18.4. The summed E-state index contributed by atoms with van der Waals surface area (Å²) in [6, 6.07) is 16.2. The molecule has 0 spiro atoms. The first-order valence-electron chi connectivity index (χ1n) is 8.44. The van der Waals surface area contributed by atoms with E-state index in [9.17, 15) is 8.78 Å². The van der Waals surface area contributed by atoms with Gasteiger partial charge in [0.25, 0.3) is 6.43 Å². The van der Waals surface area contributed by atoms with Crippen molar-refractivity contribution < 1.29 is 8.78 Å². The highest BCUT2D eigenvalue weighted by atomic mass is 32.2. The van der Waals surface area contributed by atoms with Gasteiger partial charge in [0.1, 0.15) is 11.3 Å². The number of alkyl halides is 2. The average molecular weight is 380 g/mol. The number of pyridine rings is 1. The van der Waals surface area contributed by atoms with Gasteiger partial charge in [-0.15, -0.1) is 11.8 Å². The van der Waals surface area contributed by atoms with Crippen molar-refractivity contribution in [2.75, 3.05) is 11.2 Å². The van der Waals surface area contributed by atoms with Crippen LogP contribution in [0.4, 0.5) is 14.5 Å². The van der Waals surface area contributed by atoms with Crippen LogP contribution >= 0.6 is 11.8 Å². The van der Waals surface area contributed by atoms with Crippen molar-refractivity contribution in [2.45, 2.75) is 11.3 Å². The first-order valence-corrected chi connectivity index (χ1v) is 9.42. The van der Waals surface area contributed by atoms with Crippen molar-refractivity contribution in [1.82, 2.24) is 14.5 Å². The van der Waals surface area contributed by atoms with Crippen molar-refractivity contribution in [2.24, 2.45) is 0 Å². The largest absolute Gasteiger partial charge is 0.375 e. The van der Waals surface area contributed by atoms with Gasteiger partial charge in [0.15, 0.2) is 5.65 Å². The fourth-order valence-electron chi connectivity index (χ4n) is 3.24. The molecule has 4 aromatic rings. The summed E-state index contributed by atoms with van der Waals surface area (Å²) in [7, 11) is 0. The van der Waals surface area contributed by atoms with E-state index in [1.54, 1.807) is 30.1 Å². The Balaban J connectivity index is 1.72. The van der Waals surface area contributed by atoms with Crippen LogP contribution in [0.3, 0.4) is 0 Å². The van der Waals surface area contributed by atoms with Gasteiger partial charge in [0.2, 0.25) is 0 Å². The second-order valence-electron chi connectivity index (χ2n) is 6.19. The zero-order valence-electron chi connectivity index (χ0n) is 14.1. The number of thioether (sulfide) groups is 1. The summed E-state index contributed by atoms with van der Waals surface area (Å²) in [5, 5.41) is 3.32. The van der Waals surface area contributed by atoms with E-state index in [2.05, 4.69) is 16.4 Å². The molecule has 0 saturated carbocycles. The number of benzene rings is 2. The van der Waals surface area contributed by atoms with Gasteiger partial charge in [0, 0.05) is 27.9 Å². The highest BCUT2D eigenvalue weighted by molar-refractivity contribution is 7.99. The van der Waals surface area contributed by atoms with E-state index in [1.165, 1.54) is 17.0 Å². The molecule has 0 saturated heterocycles. The Labute approximate surface area is 158 Å². The second kappa shape index (κ2) is 6.35.